The lowest BCUT2D eigenvalue weighted by Crippen LogP contribution is -2.17. The fourth-order valence-electron chi connectivity index (χ4n) is 0.167. The minimum Gasteiger partial charge on any atom is -0.460 e. The third kappa shape index (κ3) is 4.02. The van der Waals surface area contributed by atoms with Crippen molar-refractivity contribution in [3.05, 3.63) is 0 Å². The Kier molecular flexibility index (Phi) is 4.47. The first-order chi connectivity index (χ1) is 4.70. The van der Waals surface area contributed by atoms with Crippen LogP contribution in [0.4, 0.5) is 9.59 Å². The highest BCUT2D eigenvalue weighted by Crippen LogP contribution is 1.97. The molecule has 1 amide bonds. The summed E-state index contributed by atoms with van der Waals surface area (Å²) in [5.41, 5.74) is 0. The van der Waals surface area contributed by atoms with Crippen molar-refractivity contribution in [2.45, 2.75) is 0 Å². The summed E-state index contributed by atoms with van der Waals surface area (Å²) in [5, 5.41) is -0.592. The molecule has 0 heterocycles. The smallest absolute Gasteiger partial charge is 0.417 e. The average molecular weight is 165 g/mol. The molecule has 0 aliphatic carbocycles. The molecular weight excluding hydrogens is 158 g/mol. The van der Waals surface area contributed by atoms with Gasteiger partial charge in [0.25, 0.3) is 0 Å². The summed E-state index contributed by atoms with van der Waals surface area (Å²) in [6, 6.07) is 0. The minimum atomic E-state index is -0.685. The number of carbonyl (C=O) groups is 2. The molecule has 0 unspecified atom stereocenters. The Labute approximate surface area is 62.2 Å². The average Bonchev–Trinajstić information content (AvgIpc) is 1.99. The lowest BCUT2D eigenvalue weighted by molar-refractivity contribution is 0.177. The van der Waals surface area contributed by atoms with Crippen LogP contribution in [0, 0.1) is 0 Å². The van der Waals surface area contributed by atoms with E-state index in [1.165, 1.54) is 14.2 Å². The monoisotopic (exact) mass is 165 g/mol. The van der Waals surface area contributed by atoms with E-state index in [2.05, 4.69) is 14.2 Å². The van der Waals surface area contributed by atoms with Gasteiger partial charge >= 0.3 is 11.4 Å². The zero-order valence-corrected chi connectivity index (χ0v) is 6.36. The third-order valence-corrected chi connectivity index (χ3v) is 1.17. The number of amides is 1. The molecule has 1 N–H and O–H groups in total. The fourth-order valence-corrected chi connectivity index (χ4v) is 0.500. The molecule has 10 heavy (non-hydrogen) atoms. The van der Waals surface area contributed by atoms with Gasteiger partial charge in [0.15, 0.2) is 0 Å². The lowest BCUT2D eigenvalue weighted by Gasteiger charge is -1.98. The molecule has 0 aromatic heterocycles. The summed E-state index contributed by atoms with van der Waals surface area (Å²) in [4.78, 5) is 20.6. The van der Waals surface area contributed by atoms with E-state index in [1.54, 1.807) is 0 Å². The maximum Gasteiger partial charge on any atom is 0.417 e. The Morgan fingerprint density at radius 3 is 2.30 bits per heavy atom. The molecule has 0 aliphatic heterocycles. The number of methoxy groups -OCH3 is 2. The minimum absolute atomic E-state index is 0.523. The normalized spacial score (nSPS) is 8.20. The summed E-state index contributed by atoms with van der Waals surface area (Å²) in [6.45, 7) is 0. The molecule has 0 saturated heterocycles. The number of hydrogen-bond acceptors (Lipinski definition) is 5. The predicted molar refractivity (Wildman–Crippen MR) is 35.5 cm³/mol. The first-order valence-corrected chi connectivity index (χ1v) is 3.11. The molecule has 0 rings (SSSR count). The molecule has 0 fully saturated rings. The Hall–Kier alpha value is -0.910. The van der Waals surface area contributed by atoms with Gasteiger partial charge in [0, 0.05) is 0 Å². The van der Waals surface area contributed by atoms with Crippen LogP contribution in [0.2, 0.25) is 0 Å². The molecule has 0 aromatic rings. The number of ether oxygens (including phenoxy) is 2. The summed E-state index contributed by atoms with van der Waals surface area (Å²) in [7, 11) is 2.42. The molecule has 0 atom stereocenters. The van der Waals surface area contributed by atoms with Gasteiger partial charge in [0.1, 0.15) is 0 Å². The van der Waals surface area contributed by atoms with Crippen molar-refractivity contribution in [3.63, 3.8) is 0 Å². The predicted octanol–water partition coefficient (Wildman–Crippen LogP) is 0.757. The quantitative estimate of drug-likeness (QED) is 0.424. The molecule has 0 radical (unpaired) electrons. The van der Waals surface area contributed by atoms with Crippen molar-refractivity contribution in [1.82, 2.24) is 4.72 Å². The lowest BCUT2D eigenvalue weighted by atomic mass is 11.2. The van der Waals surface area contributed by atoms with Crippen LogP contribution in [0.5, 0.6) is 0 Å². The Morgan fingerprint density at radius 1 is 1.30 bits per heavy atom. The van der Waals surface area contributed by atoms with Gasteiger partial charge in [-0.15, -0.1) is 0 Å². The van der Waals surface area contributed by atoms with Crippen molar-refractivity contribution >= 4 is 23.3 Å². The van der Waals surface area contributed by atoms with Gasteiger partial charge in [0.05, 0.1) is 26.2 Å². The van der Waals surface area contributed by atoms with Crippen LogP contribution < -0.4 is 4.72 Å². The first-order valence-electron chi connectivity index (χ1n) is 2.29. The molecule has 0 aromatic carbocycles. The van der Waals surface area contributed by atoms with Crippen molar-refractivity contribution in [1.29, 1.82) is 0 Å². The molecule has 6 heteroatoms. The highest BCUT2D eigenvalue weighted by molar-refractivity contribution is 8.12. The molecule has 0 saturated carbocycles. The van der Waals surface area contributed by atoms with E-state index in [-0.39, 0.29) is 0 Å². The van der Waals surface area contributed by atoms with Gasteiger partial charge in [0.2, 0.25) is 0 Å². The summed E-state index contributed by atoms with van der Waals surface area (Å²) in [6.07, 6.45) is -0.685. The first kappa shape index (κ1) is 9.09. The van der Waals surface area contributed by atoms with Crippen molar-refractivity contribution in [3.8, 4) is 0 Å². The Balaban J connectivity index is 3.35. The van der Waals surface area contributed by atoms with Gasteiger partial charge in [-0.05, 0) is 0 Å². The SMILES string of the molecule is COC(=O)NSC(=O)OC. The van der Waals surface area contributed by atoms with Gasteiger partial charge in [-0.25, -0.2) is 9.59 Å². The number of rotatable bonds is 0. The van der Waals surface area contributed by atoms with Crippen LogP contribution in [-0.2, 0) is 9.47 Å². The van der Waals surface area contributed by atoms with Crippen molar-refractivity contribution in [2.24, 2.45) is 0 Å². The van der Waals surface area contributed by atoms with Crippen LogP contribution in [0.25, 0.3) is 0 Å². The highest BCUT2D eigenvalue weighted by Gasteiger charge is 2.04. The number of carbonyl (C=O) groups excluding carboxylic acids is 2. The molecule has 5 nitrogen and oxygen atoms in total. The van der Waals surface area contributed by atoms with E-state index in [1.807, 2.05) is 0 Å². The number of nitrogens with one attached hydrogen (secondary N) is 1. The highest BCUT2D eigenvalue weighted by atomic mass is 32.2. The van der Waals surface area contributed by atoms with Gasteiger partial charge in [-0.2, -0.15) is 0 Å². The second kappa shape index (κ2) is 4.92. The fraction of sp³-hybridized carbons (Fsp3) is 0.500. The summed E-state index contributed by atoms with van der Waals surface area (Å²) in [5.74, 6) is 0. The molecule has 0 bridgehead atoms. The van der Waals surface area contributed by atoms with Crippen LogP contribution in [0.1, 0.15) is 0 Å². The number of hydrogen-bond donors (Lipinski definition) is 1. The van der Waals surface area contributed by atoms with Gasteiger partial charge < -0.3 is 9.47 Å². The topological polar surface area (TPSA) is 64.6 Å². The second-order valence-electron chi connectivity index (χ2n) is 1.15. The zero-order chi connectivity index (χ0) is 7.98. The Bertz CT molecular complexity index is 121. The molecule has 0 spiro atoms. The summed E-state index contributed by atoms with van der Waals surface area (Å²) < 4.78 is 10.4. The maximum absolute atomic E-state index is 10.3. The third-order valence-electron chi connectivity index (χ3n) is 0.570. The van der Waals surface area contributed by atoms with Gasteiger partial charge in [-0.3, -0.25) is 4.72 Å². The van der Waals surface area contributed by atoms with Crippen molar-refractivity contribution in [2.75, 3.05) is 14.2 Å². The standard InChI is InChI=1S/C4H7NO4S/c1-8-3(6)5-10-4(7)9-2/h1-2H3,(H,5,6). The van der Waals surface area contributed by atoms with E-state index in [9.17, 15) is 9.59 Å². The zero-order valence-electron chi connectivity index (χ0n) is 5.54. The van der Waals surface area contributed by atoms with Crippen LogP contribution in [-0.4, -0.2) is 25.6 Å². The van der Waals surface area contributed by atoms with Gasteiger partial charge in [-0.1, -0.05) is 0 Å². The largest absolute Gasteiger partial charge is 0.460 e. The van der Waals surface area contributed by atoms with E-state index < -0.39 is 11.4 Å². The van der Waals surface area contributed by atoms with Crippen molar-refractivity contribution < 1.29 is 19.1 Å². The van der Waals surface area contributed by atoms with Crippen LogP contribution in [0.3, 0.4) is 0 Å². The second-order valence-corrected chi connectivity index (χ2v) is 1.89. The van der Waals surface area contributed by atoms with Crippen LogP contribution >= 0.6 is 11.9 Å². The van der Waals surface area contributed by atoms with E-state index >= 15 is 0 Å². The maximum atomic E-state index is 10.3. The summed E-state index contributed by atoms with van der Waals surface area (Å²) >= 11 is 0.523. The molecule has 58 valence electrons. The Morgan fingerprint density at radius 2 is 1.90 bits per heavy atom. The van der Waals surface area contributed by atoms with E-state index in [4.69, 9.17) is 0 Å². The molecular formula is C4H7NO4S. The van der Waals surface area contributed by atoms with E-state index in [0.717, 1.165) is 0 Å². The van der Waals surface area contributed by atoms with E-state index in [0.29, 0.717) is 11.9 Å². The van der Waals surface area contributed by atoms with Crippen LogP contribution in [0.15, 0.2) is 0 Å². The molecule has 0 aliphatic rings.